The number of halogens is 1. The topological polar surface area (TPSA) is 24.5 Å². The van der Waals surface area contributed by atoms with E-state index in [0.29, 0.717) is 5.92 Å². The van der Waals surface area contributed by atoms with Gasteiger partial charge in [-0.3, -0.25) is 5.32 Å². The fourth-order valence-electron chi connectivity index (χ4n) is 2.68. The Morgan fingerprint density at radius 3 is 2.53 bits per heavy atom. The van der Waals surface area contributed by atoms with Crippen molar-refractivity contribution < 1.29 is 4.74 Å². The molecule has 15 heavy (non-hydrogen) atoms. The highest BCUT2D eigenvalue weighted by molar-refractivity contribution is 5.85. The first kappa shape index (κ1) is 13.2. The number of hydrogen-bond acceptors (Lipinski definition) is 3. The fourth-order valence-corrected chi connectivity index (χ4v) is 2.68. The van der Waals surface area contributed by atoms with E-state index in [1.54, 1.807) is 0 Å². The molecule has 0 aromatic carbocycles. The average Bonchev–Trinajstić information content (AvgIpc) is 2.67. The van der Waals surface area contributed by atoms with Crippen molar-refractivity contribution in [3.8, 4) is 0 Å². The molecule has 2 saturated heterocycles. The predicted octanol–water partition coefficient (Wildman–Crippen LogP) is 1.48. The highest BCUT2D eigenvalue weighted by Crippen LogP contribution is 2.31. The van der Waals surface area contributed by atoms with Gasteiger partial charge in [-0.15, -0.1) is 12.4 Å². The van der Waals surface area contributed by atoms with Gasteiger partial charge in [0.2, 0.25) is 0 Å². The number of hydrogen-bond donors (Lipinski definition) is 1. The lowest BCUT2D eigenvalue weighted by molar-refractivity contribution is -0.0619. The van der Waals surface area contributed by atoms with E-state index >= 15 is 0 Å². The van der Waals surface area contributed by atoms with Crippen molar-refractivity contribution in [3.05, 3.63) is 0 Å². The van der Waals surface area contributed by atoms with Gasteiger partial charge < -0.3 is 9.64 Å². The molecule has 1 unspecified atom stereocenters. The molecule has 4 heteroatoms. The van der Waals surface area contributed by atoms with Gasteiger partial charge in [-0.1, -0.05) is 6.92 Å². The summed E-state index contributed by atoms with van der Waals surface area (Å²) in [7, 11) is 0. The first-order chi connectivity index (χ1) is 6.74. The third-order valence-electron chi connectivity index (χ3n) is 3.79. The van der Waals surface area contributed by atoms with Crippen molar-refractivity contribution in [2.45, 2.75) is 32.4 Å². The molecule has 1 atom stereocenters. The summed E-state index contributed by atoms with van der Waals surface area (Å²) in [4.78, 5) is 2.52. The SMILES string of the molecule is CCN1CCC(C2(C)NCCO2)CC1.Cl. The van der Waals surface area contributed by atoms with Crippen LogP contribution in [-0.4, -0.2) is 43.4 Å². The van der Waals surface area contributed by atoms with Crippen molar-refractivity contribution in [2.24, 2.45) is 5.92 Å². The van der Waals surface area contributed by atoms with Gasteiger partial charge in [0.05, 0.1) is 6.61 Å². The minimum absolute atomic E-state index is 0. The van der Waals surface area contributed by atoms with Crippen LogP contribution in [0.25, 0.3) is 0 Å². The monoisotopic (exact) mass is 234 g/mol. The molecule has 0 bridgehead atoms. The van der Waals surface area contributed by atoms with Crippen molar-refractivity contribution in [2.75, 3.05) is 32.8 Å². The lowest BCUT2D eigenvalue weighted by atomic mass is 9.87. The van der Waals surface area contributed by atoms with Gasteiger partial charge in [-0.05, 0) is 39.4 Å². The van der Waals surface area contributed by atoms with Crippen LogP contribution in [0.2, 0.25) is 0 Å². The second-order valence-electron chi connectivity index (χ2n) is 4.59. The molecule has 0 radical (unpaired) electrons. The van der Waals surface area contributed by atoms with Crippen LogP contribution in [-0.2, 0) is 4.74 Å². The Labute approximate surface area is 99.0 Å². The Morgan fingerprint density at radius 2 is 2.07 bits per heavy atom. The summed E-state index contributed by atoms with van der Waals surface area (Å²) >= 11 is 0. The lowest BCUT2D eigenvalue weighted by Crippen LogP contribution is -2.49. The van der Waals surface area contributed by atoms with Crippen LogP contribution in [0.15, 0.2) is 0 Å². The minimum atomic E-state index is -0.0279. The van der Waals surface area contributed by atoms with E-state index < -0.39 is 0 Å². The van der Waals surface area contributed by atoms with Crippen molar-refractivity contribution in [1.29, 1.82) is 0 Å². The Kier molecular flexibility index (Phi) is 4.84. The normalized spacial score (nSPS) is 34.0. The molecule has 0 aromatic heterocycles. The molecule has 90 valence electrons. The van der Waals surface area contributed by atoms with Crippen LogP contribution in [0.1, 0.15) is 26.7 Å². The minimum Gasteiger partial charge on any atom is -0.359 e. The number of likely N-dealkylation sites (tertiary alicyclic amines) is 1. The molecule has 0 spiro atoms. The standard InChI is InChI=1S/C11H22N2O.ClH/c1-3-13-7-4-10(5-8-13)11(2)12-6-9-14-11;/h10,12H,3-9H2,1-2H3;1H. The van der Waals surface area contributed by atoms with Crippen LogP contribution in [0.3, 0.4) is 0 Å². The Bertz CT molecular complexity index is 187. The molecule has 3 nitrogen and oxygen atoms in total. The lowest BCUT2D eigenvalue weighted by Gasteiger charge is -2.39. The summed E-state index contributed by atoms with van der Waals surface area (Å²) in [6.07, 6.45) is 2.55. The van der Waals surface area contributed by atoms with E-state index in [4.69, 9.17) is 4.74 Å². The van der Waals surface area contributed by atoms with Gasteiger partial charge in [0, 0.05) is 12.5 Å². The van der Waals surface area contributed by atoms with Crippen LogP contribution < -0.4 is 5.32 Å². The maximum absolute atomic E-state index is 5.82. The Morgan fingerprint density at radius 1 is 1.40 bits per heavy atom. The van der Waals surface area contributed by atoms with Gasteiger partial charge in [0.15, 0.2) is 0 Å². The molecule has 0 amide bonds. The number of piperidine rings is 1. The molecule has 0 aromatic rings. The maximum Gasteiger partial charge on any atom is 0.119 e. The first-order valence-electron chi connectivity index (χ1n) is 5.86. The zero-order valence-electron chi connectivity index (χ0n) is 9.79. The van der Waals surface area contributed by atoms with Gasteiger partial charge in [0.1, 0.15) is 5.72 Å². The van der Waals surface area contributed by atoms with E-state index in [-0.39, 0.29) is 18.1 Å². The number of ether oxygens (including phenoxy) is 1. The van der Waals surface area contributed by atoms with Crippen molar-refractivity contribution >= 4 is 12.4 Å². The summed E-state index contributed by atoms with van der Waals surface area (Å²) in [5.74, 6) is 0.702. The second kappa shape index (κ2) is 5.48. The largest absolute Gasteiger partial charge is 0.359 e. The van der Waals surface area contributed by atoms with Gasteiger partial charge >= 0.3 is 0 Å². The molecular formula is C11H23ClN2O. The molecule has 2 rings (SSSR count). The van der Waals surface area contributed by atoms with E-state index in [9.17, 15) is 0 Å². The summed E-state index contributed by atoms with van der Waals surface area (Å²) in [6.45, 7) is 10.0. The molecule has 2 aliphatic rings. The van der Waals surface area contributed by atoms with Gasteiger partial charge in [0.25, 0.3) is 0 Å². The molecule has 0 saturated carbocycles. The summed E-state index contributed by atoms with van der Waals surface area (Å²) in [5.41, 5.74) is -0.0279. The predicted molar refractivity (Wildman–Crippen MR) is 64.4 cm³/mol. The van der Waals surface area contributed by atoms with Crippen LogP contribution in [0.4, 0.5) is 0 Å². The molecule has 2 aliphatic heterocycles. The van der Waals surface area contributed by atoms with E-state index in [0.717, 1.165) is 13.2 Å². The zero-order chi connectivity index (χ0) is 10.0. The summed E-state index contributed by atoms with van der Waals surface area (Å²) < 4.78 is 5.82. The quantitative estimate of drug-likeness (QED) is 0.784. The van der Waals surface area contributed by atoms with Crippen LogP contribution in [0, 0.1) is 5.92 Å². The number of nitrogens with one attached hydrogen (secondary N) is 1. The second-order valence-corrected chi connectivity index (χ2v) is 4.59. The number of rotatable bonds is 2. The van der Waals surface area contributed by atoms with E-state index in [1.165, 1.54) is 32.5 Å². The zero-order valence-corrected chi connectivity index (χ0v) is 10.6. The first-order valence-corrected chi connectivity index (χ1v) is 5.86. The molecule has 1 N–H and O–H groups in total. The van der Waals surface area contributed by atoms with Gasteiger partial charge in [-0.2, -0.15) is 0 Å². The third kappa shape index (κ3) is 2.84. The Balaban J connectivity index is 0.00000112. The molecule has 0 aliphatic carbocycles. The summed E-state index contributed by atoms with van der Waals surface area (Å²) in [6, 6.07) is 0. The fraction of sp³-hybridized carbons (Fsp3) is 1.00. The number of nitrogens with zero attached hydrogens (tertiary/aromatic N) is 1. The van der Waals surface area contributed by atoms with E-state index in [2.05, 4.69) is 24.1 Å². The van der Waals surface area contributed by atoms with Crippen molar-refractivity contribution in [3.63, 3.8) is 0 Å². The van der Waals surface area contributed by atoms with Crippen LogP contribution in [0.5, 0.6) is 0 Å². The third-order valence-corrected chi connectivity index (χ3v) is 3.79. The average molecular weight is 235 g/mol. The molecular weight excluding hydrogens is 212 g/mol. The molecule has 2 fully saturated rings. The van der Waals surface area contributed by atoms with Crippen LogP contribution >= 0.6 is 12.4 Å². The highest BCUT2D eigenvalue weighted by atomic mass is 35.5. The van der Waals surface area contributed by atoms with Gasteiger partial charge in [-0.25, -0.2) is 0 Å². The summed E-state index contributed by atoms with van der Waals surface area (Å²) in [5, 5.41) is 3.49. The smallest absolute Gasteiger partial charge is 0.119 e. The molecule has 2 heterocycles. The highest BCUT2D eigenvalue weighted by Gasteiger charge is 2.39. The maximum atomic E-state index is 5.82. The Hall–Kier alpha value is 0.170. The van der Waals surface area contributed by atoms with E-state index in [1.807, 2.05) is 0 Å². The van der Waals surface area contributed by atoms with Crippen molar-refractivity contribution in [1.82, 2.24) is 10.2 Å².